The molecule has 2 heterocycles. The van der Waals surface area contributed by atoms with E-state index in [1.807, 2.05) is 40.9 Å². The highest BCUT2D eigenvalue weighted by atomic mass is 16.2. The van der Waals surface area contributed by atoms with Crippen molar-refractivity contribution in [2.24, 2.45) is 5.73 Å². The Morgan fingerprint density at radius 1 is 1.14 bits per heavy atom. The predicted molar refractivity (Wildman–Crippen MR) is 80.6 cm³/mol. The molecule has 0 aromatic carbocycles. The van der Waals surface area contributed by atoms with Crippen molar-refractivity contribution in [1.29, 1.82) is 0 Å². The maximum absolute atomic E-state index is 12.6. The van der Waals surface area contributed by atoms with Crippen molar-refractivity contribution in [2.45, 2.75) is 25.8 Å². The minimum atomic E-state index is -0.271. The summed E-state index contributed by atoms with van der Waals surface area (Å²) in [7, 11) is 0. The van der Waals surface area contributed by atoms with E-state index in [0.29, 0.717) is 13.0 Å². The Bertz CT molecular complexity index is 464. The van der Waals surface area contributed by atoms with E-state index in [-0.39, 0.29) is 17.9 Å². The summed E-state index contributed by atoms with van der Waals surface area (Å²) in [5.41, 5.74) is 5.16. The third-order valence-corrected chi connectivity index (χ3v) is 4.02. The molecule has 2 N–H and O–H groups in total. The lowest BCUT2D eigenvalue weighted by Gasteiger charge is -2.36. The molecule has 0 bridgehead atoms. The fourth-order valence-corrected chi connectivity index (χ4v) is 2.74. The van der Waals surface area contributed by atoms with Crippen molar-refractivity contribution >= 4 is 11.8 Å². The Morgan fingerprint density at radius 3 is 2.29 bits per heavy atom. The van der Waals surface area contributed by atoms with Gasteiger partial charge >= 0.3 is 0 Å². The first kappa shape index (κ1) is 15.6. The molecule has 1 aromatic rings. The standard InChI is InChI=1S/C15H24N4O2/c1-2-13(18-6-3-4-7-18)15(21)19-11-9-17(10-12-19)8-5-14(16)20/h3-4,6-7,13H,2,5,8-12H2,1H3,(H2,16,20). The third-order valence-electron chi connectivity index (χ3n) is 4.02. The molecule has 0 spiro atoms. The van der Waals surface area contributed by atoms with Gasteiger partial charge in [0, 0.05) is 51.5 Å². The van der Waals surface area contributed by atoms with Gasteiger partial charge in [-0.1, -0.05) is 6.92 Å². The Hall–Kier alpha value is -1.82. The highest BCUT2D eigenvalue weighted by molar-refractivity contribution is 5.80. The number of rotatable bonds is 6. The third kappa shape index (κ3) is 4.07. The zero-order chi connectivity index (χ0) is 15.2. The molecule has 0 aliphatic carbocycles. The van der Waals surface area contributed by atoms with Crippen LogP contribution in [0, 0.1) is 0 Å². The summed E-state index contributed by atoms with van der Waals surface area (Å²) in [4.78, 5) is 27.5. The van der Waals surface area contributed by atoms with Crippen LogP contribution in [0.25, 0.3) is 0 Å². The monoisotopic (exact) mass is 292 g/mol. The lowest BCUT2D eigenvalue weighted by molar-refractivity contribution is -0.136. The Balaban J connectivity index is 1.86. The molecular weight excluding hydrogens is 268 g/mol. The molecule has 1 atom stereocenters. The van der Waals surface area contributed by atoms with E-state index in [9.17, 15) is 9.59 Å². The quantitative estimate of drug-likeness (QED) is 0.828. The van der Waals surface area contributed by atoms with Gasteiger partial charge in [-0.25, -0.2) is 0 Å². The van der Waals surface area contributed by atoms with Crippen LogP contribution in [0.4, 0.5) is 0 Å². The van der Waals surface area contributed by atoms with Gasteiger partial charge in [-0.05, 0) is 18.6 Å². The summed E-state index contributed by atoms with van der Waals surface area (Å²) in [5.74, 6) is -0.0876. The van der Waals surface area contributed by atoms with Gasteiger partial charge in [-0.2, -0.15) is 0 Å². The first-order valence-corrected chi connectivity index (χ1v) is 7.53. The number of nitrogens with zero attached hydrogens (tertiary/aromatic N) is 3. The van der Waals surface area contributed by atoms with Gasteiger partial charge in [-0.15, -0.1) is 0 Å². The smallest absolute Gasteiger partial charge is 0.245 e. The number of nitrogens with two attached hydrogens (primary N) is 1. The molecule has 116 valence electrons. The molecule has 1 fully saturated rings. The summed E-state index contributed by atoms with van der Waals surface area (Å²) in [6.07, 6.45) is 5.05. The van der Waals surface area contributed by atoms with Crippen LogP contribution in [0.5, 0.6) is 0 Å². The molecule has 2 amide bonds. The van der Waals surface area contributed by atoms with Crippen molar-refractivity contribution in [3.63, 3.8) is 0 Å². The highest BCUT2D eigenvalue weighted by Gasteiger charge is 2.27. The summed E-state index contributed by atoms with van der Waals surface area (Å²) in [6, 6.07) is 3.77. The summed E-state index contributed by atoms with van der Waals surface area (Å²) in [6.45, 7) is 5.77. The maximum Gasteiger partial charge on any atom is 0.245 e. The van der Waals surface area contributed by atoms with Crippen LogP contribution in [-0.2, 0) is 9.59 Å². The van der Waals surface area contributed by atoms with Gasteiger partial charge in [-0.3, -0.25) is 14.5 Å². The van der Waals surface area contributed by atoms with Gasteiger partial charge in [0.05, 0.1) is 0 Å². The van der Waals surface area contributed by atoms with Gasteiger partial charge in [0.2, 0.25) is 11.8 Å². The van der Waals surface area contributed by atoms with Crippen molar-refractivity contribution in [2.75, 3.05) is 32.7 Å². The molecule has 1 saturated heterocycles. The topological polar surface area (TPSA) is 71.6 Å². The van der Waals surface area contributed by atoms with Crippen LogP contribution >= 0.6 is 0 Å². The maximum atomic E-state index is 12.6. The second-order valence-electron chi connectivity index (χ2n) is 5.44. The van der Waals surface area contributed by atoms with E-state index < -0.39 is 0 Å². The highest BCUT2D eigenvalue weighted by Crippen LogP contribution is 2.16. The first-order chi connectivity index (χ1) is 10.1. The molecule has 6 nitrogen and oxygen atoms in total. The van der Waals surface area contributed by atoms with E-state index in [1.165, 1.54) is 0 Å². The normalized spacial score (nSPS) is 17.7. The number of hydrogen-bond acceptors (Lipinski definition) is 3. The van der Waals surface area contributed by atoms with Gasteiger partial charge < -0.3 is 15.2 Å². The van der Waals surface area contributed by atoms with E-state index in [4.69, 9.17) is 5.73 Å². The summed E-state index contributed by atoms with van der Waals surface area (Å²) >= 11 is 0. The minimum absolute atomic E-state index is 0.114. The van der Waals surface area contributed by atoms with E-state index in [2.05, 4.69) is 4.90 Å². The van der Waals surface area contributed by atoms with Crippen LogP contribution < -0.4 is 5.73 Å². The number of aromatic nitrogens is 1. The average molecular weight is 292 g/mol. The van der Waals surface area contributed by atoms with Gasteiger partial charge in [0.15, 0.2) is 0 Å². The summed E-state index contributed by atoms with van der Waals surface area (Å²) < 4.78 is 1.97. The summed E-state index contributed by atoms with van der Waals surface area (Å²) in [5, 5.41) is 0. The molecule has 1 aromatic heterocycles. The molecule has 6 heteroatoms. The molecule has 2 rings (SSSR count). The largest absolute Gasteiger partial charge is 0.370 e. The number of hydrogen-bond donors (Lipinski definition) is 1. The van der Waals surface area contributed by atoms with E-state index in [1.54, 1.807) is 0 Å². The van der Waals surface area contributed by atoms with Crippen molar-refractivity contribution in [1.82, 2.24) is 14.4 Å². The Morgan fingerprint density at radius 2 is 1.76 bits per heavy atom. The number of amides is 2. The molecule has 21 heavy (non-hydrogen) atoms. The van der Waals surface area contributed by atoms with E-state index in [0.717, 1.165) is 32.6 Å². The second-order valence-corrected chi connectivity index (χ2v) is 5.44. The van der Waals surface area contributed by atoms with Crippen LogP contribution in [0.2, 0.25) is 0 Å². The minimum Gasteiger partial charge on any atom is -0.370 e. The average Bonchev–Trinajstić information content (AvgIpc) is 3.00. The van der Waals surface area contributed by atoms with Crippen LogP contribution in [0.1, 0.15) is 25.8 Å². The Kier molecular flexibility index (Phi) is 5.38. The molecule has 1 aliphatic heterocycles. The Labute approximate surface area is 125 Å². The molecule has 0 radical (unpaired) electrons. The van der Waals surface area contributed by atoms with Crippen LogP contribution in [0.3, 0.4) is 0 Å². The van der Waals surface area contributed by atoms with Crippen LogP contribution in [0.15, 0.2) is 24.5 Å². The zero-order valence-corrected chi connectivity index (χ0v) is 12.6. The number of piperazine rings is 1. The van der Waals surface area contributed by atoms with Gasteiger partial charge in [0.1, 0.15) is 6.04 Å². The fraction of sp³-hybridized carbons (Fsp3) is 0.600. The lowest BCUT2D eigenvalue weighted by Crippen LogP contribution is -2.50. The van der Waals surface area contributed by atoms with Crippen molar-refractivity contribution in [3.8, 4) is 0 Å². The van der Waals surface area contributed by atoms with Crippen molar-refractivity contribution in [3.05, 3.63) is 24.5 Å². The van der Waals surface area contributed by atoms with E-state index >= 15 is 0 Å². The number of carbonyl (C=O) groups excluding carboxylic acids is 2. The SMILES string of the molecule is CCC(C(=O)N1CCN(CCC(N)=O)CC1)n1cccc1. The fourth-order valence-electron chi connectivity index (χ4n) is 2.74. The number of primary amides is 1. The molecule has 0 saturated carbocycles. The van der Waals surface area contributed by atoms with Gasteiger partial charge in [0.25, 0.3) is 0 Å². The molecular formula is C15H24N4O2. The second kappa shape index (κ2) is 7.26. The van der Waals surface area contributed by atoms with Crippen LogP contribution in [-0.4, -0.2) is 58.9 Å². The lowest BCUT2D eigenvalue weighted by atomic mass is 10.1. The zero-order valence-electron chi connectivity index (χ0n) is 12.6. The predicted octanol–water partition coefficient (Wildman–Crippen LogP) is 0.459. The molecule has 1 unspecified atom stereocenters. The number of carbonyl (C=O) groups is 2. The molecule has 1 aliphatic rings. The van der Waals surface area contributed by atoms with Crippen molar-refractivity contribution < 1.29 is 9.59 Å². The first-order valence-electron chi connectivity index (χ1n) is 7.53.